The van der Waals surface area contributed by atoms with Crippen LogP contribution in [0.15, 0.2) is 48.5 Å². The van der Waals surface area contributed by atoms with E-state index in [9.17, 15) is 14.0 Å². The van der Waals surface area contributed by atoms with Crippen molar-refractivity contribution in [3.05, 3.63) is 64.9 Å². The van der Waals surface area contributed by atoms with Gasteiger partial charge in [0.15, 0.2) is 6.61 Å². The van der Waals surface area contributed by atoms with Gasteiger partial charge in [-0.25, -0.2) is 4.39 Å². The number of benzene rings is 2. The predicted octanol–water partition coefficient (Wildman–Crippen LogP) is 3.80. The van der Waals surface area contributed by atoms with Gasteiger partial charge in [0.2, 0.25) is 5.91 Å². The van der Waals surface area contributed by atoms with Crippen molar-refractivity contribution >= 4 is 23.4 Å². The number of rotatable bonds is 8. The van der Waals surface area contributed by atoms with E-state index in [1.54, 1.807) is 43.3 Å². The van der Waals surface area contributed by atoms with Gasteiger partial charge in [-0.2, -0.15) is 0 Å². The fraction of sp³-hybridized carbons (Fsp3) is 0.333. The summed E-state index contributed by atoms with van der Waals surface area (Å²) < 4.78 is 18.7. The second kappa shape index (κ2) is 10.1. The Bertz CT molecular complexity index is 794. The Hall–Kier alpha value is -2.60. The van der Waals surface area contributed by atoms with Crippen molar-refractivity contribution in [3.63, 3.8) is 0 Å². The fourth-order valence-electron chi connectivity index (χ4n) is 2.53. The third kappa shape index (κ3) is 6.53. The molecule has 0 spiro atoms. The van der Waals surface area contributed by atoms with Gasteiger partial charge >= 0.3 is 0 Å². The molecule has 0 saturated carbocycles. The second-order valence-corrected chi connectivity index (χ2v) is 7.17. The highest BCUT2D eigenvalue weighted by molar-refractivity contribution is 6.30. The number of ether oxygens (including phenoxy) is 1. The molecule has 1 N–H and O–H groups in total. The summed E-state index contributed by atoms with van der Waals surface area (Å²) in [5, 5.41) is 3.37. The van der Waals surface area contributed by atoms with Crippen molar-refractivity contribution in [2.75, 3.05) is 6.61 Å². The highest BCUT2D eigenvalue weighted by Crippen LogP contribution is 2.16. The SMILES string of the molecule is CC(C)NC(=O)[C@@H](C)N(Cc1ccc(F)cc1)C(=O)COc1ccc(Cl)cc1. The van der Waals surface area contributed by atoms with Gasteiger partial charge in [-0.05, 0) is 62.7 Å². The second-order valence-electron chi connectivity index (χ2n) is 6.73. The summed E-state index contributed by atoms with van der Waals surface area (Å²) in [6.45, 7) is 5.28. The molecule has 0 heterocycles. The minimum absolute atomic E-state index is 0.0527. The van der Waals surface area contributed by atoms with E-state index in [1.807, 2.05) is 13.8 Å². The summed E-state index contributed by atoms with van der Waals surface area (Å²) >= 11 is 5.84. The molecule has 0 radical (unpaired) electrons. The number of nitrogens with one attached hydrogen (secondary N) is 1. The number of hydrogen-bond donors (Lipinski definition) is 1. The molecule has 0 aromatic heterocycles. The smallest absolute Gasteiger partial charge is 0.261 e. The number of carbonyl (C=O) groups is 2. The lowest BCUT2D eigenvalue weighted by molar-refractivity contribution is -0.142. The molecule has 5 nitrogen and oxygen atoms in total. The largest absolute Gasteiger partial charge is 0.484 e. The van der Waals surface area contributed by atoms with Crippen molar-refractivity contribution in [1.82, 2.24) is 10.2 Å². The van der Waals surface area contributed by atoms with Gasteiger partial charge in [0.1, 0.15) is 17.6 Å². The summed E-state index contributed by atoms with van der Waals surface area (Å²) in [7, 11) is 0. The topological polar surface area (TPSA) is 58.6 Å². The molecule has 0 aliphatic carbocycles. The number of nitrogens with zero attached hydrogens (tertiary/aromatic N) is 1. The van der Waals surface area contributed by atoms with E-state index in [4.69, 9.17) is 16.3 Å². The molecular weight excluding hydrogens is 383 g/mol. The van der Waals surface area contributed by atoms with E-state index in [0.717, 1.165) is 0 Å². The lowest BCUT2D eigenvalue weighted by Crippen LogP contribution is -2.50. The van der Waals surface area contributed by atoms with Gasteiger partial charge in [0.25, 0.3) is 5.91 Å². The molecule has 28 heavy (non-hydrogen) atoms. The van der Waals surface area contributed by atoms with Crippen LogP contribution in [0.1, 0.15) is 26.3 Å². The first kappa shape index (κ1) is 21.7. The minimum atomic E-state index is -0.714. The number of amides is 2. The predicted molar refractivity (Wildman–Crippen MR) is 107 cm³/mol. The lowest BCUT2D eigenvalue weighted by Gasteiger charge is -2.29. The molecule has 2 rings (SSSR count). The summed E-state index contributed by atoms with van der Waals surface area (Å²) in [5.74, 6) is -0.486. The van der Waals surface area contributed by atoms with Crippen LogP contribution in [0.4, 0.5) is 4.39 Å². The molecule has 0 aliphatic heterocycles. The zero-order chi connectivity index (χ0) is 20.7. The van der Waals surface area contributed by atoms with E-state index in [2.05, 4.69) is 5.32 Å². The monoisotopic (exact) mass is 406 g/mol. The zero-order valence-electron chi connectivity index (χ0n) is 16.1. The van der Waals surface area contributed by atoms with Crippen LogP contribution < -0.4 is 10.1 Å². The van der Waals surface area contributed by atoms with Crippen LogP contribution in [0, 0.1) is 5.82 Å². The van der Waals surface area contributed by atoms with Gasteiger partial charge in [0, 0.05) is 17.6 Å². The third-order valence-corrected chi connectivity index (χ3v) is 4.29. The highest BCUT2D eigenvalue weighted by Gasteiger charge is 2.26. The standard InChI is InChI=1S/C21H24ClFN2O3/c1-14(2)24-21(27)15(3)25(12-16-4-8-18(23)9-5-16)20(26)13-28-19-10-6-17(22)7-11-19/h4-11,14-15H,12-13H2,1-3H3,(H,24,27)/t15-/m1/s1. The fourth-order valence-corrected chi connectivity index (χ4v) is 2.66. The first-order valence-corrected chi connectivity index (χ1v) is 9.36. The molecular formula is C21H24ClFN2O3. The third-order valence-electron chi connectivity index (χ3n) is 4.04. The van der Waals surface area contributed by atoms with E-state index >= 15 is 0 Å². The molecule has 0 fully saturated rings. The van der Waals surface area contributed by atoms with Gasteiger partial charge in [-0.15, -0.1) is 0 Å². The van der Waals surface area contributed by atoms with Crippen molar-refractivity contribution in [1.29, 1.82) is 0 Å². The maximum atomic E-state index is 13.2. The number of hydrogen-bond acceptors (Lipinski definition) is 3. The van der Waals surface area contributed by atoms with Crippen molar-refractivity contribution < 1.29 is 18.7 Å². The van der Waals surface area contributed by atoms with Crippen LogP contribution in [-0.2, 0) is 16.1 Å². The molecule has 1 atom stereocenters. The summed E-state index contributed by atoms with van der Waals surface area (Å²) in [4.78, 5) is 26.7. The summed E-state index contributed by atoms with van der Waals surface area (Å²) in [6, 6.07) is 11.7. The molecule has 0 saturated heterocycles. The van der Waals surface area contributed by atoms with Crippen LogP contribution in [0.5, 0.6) is 5.75 Å². The maximum absolute atomic E-state index is 13.2. The Balaban J connectivity index is 2.12. The van der Waals surface area contributed by atoms with Crippen molar-refractivity contribution in [3.8, 4) is 5.75 Å². The highest BCUT2D eigenvalue weighted by atomic mass is 35.5. The molecule has 2 aromatic carbocycles. The van der Waals surface area contributed by atoms with Crippen LogP contribution in [-0.4, -0.2) is 35.4 Å². The first-order chi connectivity index (χ1) is 13.3. The Morgan fingerprint density at radius 1 is 1.07 bits per heavy atom. The molecule has 0 bridgehead atoms. The van der Waals surface area contributed by atoms with Crippen LogP contribution in [0.3, 0.4) is 0 Å². The molecule has 2 amide bonds. The molecule has 2 aromatic rings. The summed E-state index contributed by atoms with van der Waals surface area (Å²) in [5.41, 5.74) is 0.713. The van der Waals surface area contributed by atoms with Gasteiger partial charge in [-0.1, -0.05) is 23.7 Å². The number of halogens is 2. The quantitative estimate of drug-likeness (QED) is 0.725. The minimum Gasteiger partial charge on any atom is -0.484 e. The summed E-state index contributed by atoms with van der Waals surface area (Å²) in [6.07, 6.45) is 0. The lowest BCUT2D eigenvalue weighted by atomic mass is 10.1. The van der Waals surface area contributed by atoms with Gasteiger partial charge in [-0.3, -0.25) is 9.59 Å². The van der Waals surface area contributed by atoms with E-state index in [0.29, 0.717) is 16.3 Å². The first-order valence-electron chi connectivity index (χ1n) is 8.99. The van der Waals surface area contributed by atoms with Crippen LogP contribution >= 0.6 is 11.6 Å². The average molecular weight is 407 g/mol. The van der Waals surface area contributed by atoms with Crippen LogP contribution in [0.25, 0.3) is 0 Å². The molecule has 150 valence electrons. The van der Waals surface area contributed by atoms with Crippen LogP contribution in [0.2, 0.25) is 5.02 Å². The van der Waals surface area contributed by atoms with E-state index in [-0.39, 0.29) is 36.8 Å². The molecule has 0 unspecified atom stereocenters. The van der Waals surface area contributed by atoms with Crippen molar-refractivity contribution in [2.45, 2.75) is 39.4 Å². The zero-order valence-corrected chi connectivity index (χ0v) is 16.9. The average Bonchev–Trinajstić information content (AvgIpc) is 2.65. The molecule has 0 aliphatic rings. The Morgan fingerprint density at radius 2 is 1.68 bits per heavy atom. The van der Waals surface area contributed by atoms with E-state index < -0.39 is 6.04 Å². The maximum Gasteiger partial charge on any atom is 0.261 e. The van der Waals surface area contributed by atoms with Gasteiger partial charge < -0.3 is 15.0 Å². The Kier molecular flexibility index (Phi) is 7.81. The van der Waals surface area contributed by atoms with E-state index in [1.165, 1.54) is 17.0 Å². The number of carbonyl (C=O) groups excluding carboxylic acids is 2. The Morgan fingerprint density at radius 3 is 2.25 bits per heavy atom. The van der Waals surface area contributed by atoms with Gasteiger partial charge in [0.05, 0.1) is 0 Å². The van der Waals surface area contributed by atoms with Crippen molar-refractivity contribution in [2.24, 2.45) is 0 Å². The Labute approximate surface area is 169 Å². The molecule has 7 heteroatoms. The normalized spacial score (nSPS) is 11.8.